The lowest BCUT2D eigenvalue weighted by molar-refractivity contribution is -0.116. The third kappa shape index (κ3) is 3.85. The van der Waals surface area contributed by atoms with Gasteiger partial charge in [0, 0.05) is 22.9 Å². The van der Waals surface area contributed by atoms with Gasteiger partial charge in [-0.1, -0.05) is 11.2 Å². The van der Waals surface area contributed by atoms with Crippen LogP contribution in [0.2, 0.25) is 0 Å². The molecule has 0 aliphatic carbocycles. The Morgan fingerprint density at radius 1 is 1.12 bits per heavy atom. The molecule has 0 saturated heterocycles. The number of nitrogens with one attached hydrogen (secondary N) is 1. The van der Waals surface area contributed by atoms with E-state index < -0.39 is 0 Å². The molecule has 0 spiro atoms. The van der Waals surface area contributed by atoms with Crippen LogP contribution >= 0.6 is 11.3 Å². The molecule has 0 fully saturated rings. The van der Waals surface area contributed by atoms with E-state index in [0.717, 1.165) is 28.3 Å². The molecule has 2 aromatic heterocycles. The molecule has 2 heterocycles. The summed E-state index contributed by atoms with van der Waals surface area (Å²) < 4.78 is 5.14. The number of hydrogen-bond acceptors (Lipinski definition) is 5. The average Bonchev–Trinajstić information content (AvgIpc) is 3.16. The number of aromatic nitrogens is 2. The number of thiazole rings is 1. The SMILES string of the molecule is Cc1cc(C)c(-c2csc(NC(=O)CCc3c(C)noc3C)n2)cc1C. The van der Waals surface area contributed by atoms with Gasteiger partial charge in [0.1, 0.15) is 5.76 Å². The Hall–Kier alpha value is -2.47. The third-order valence-electron chi connectivity index (χ3n) is 4.65. The number of carbonyl (C=O) groups excluding carboxylic acids is 1. The number of aryl methyl sites for hydroxylation is 5. The van der Waals surface area contributed by atoms with E-state index in [-0.39, 0.29) is 5.91 Å². The van der Waals surface area contributed by atoms with E-state index >= 15 is 0 Å². The first-order valence-corrected chi connectivity index (χ1v) is 9.48. The monoisotopic (exact) mass is 369 g/mol. The predicted molar refractivity (Wildman–Crippen MR) is 105 cm³/mol. The van der Waals surface area contributed by atoms with Crippen LogP contribution in [0.1, 0.15) is 40.1 Å². The van der Waals surface area contributed by atoms with Crippen LogP contribution in [-0.4, -0.2) is 16.0 Å². The minimum atomic E-state index is -0.0530. The Morgan fingerprint density at radius 3 is 2.54 bits per heavy atom. The van der Waals surface area contributed by atoms with Crippen LogP contribution in [-0.2, 0) is 11.2 Å². The van der Waals surface area contributed by atoms with Crippen molar-refractivity contribution >= 4 is 22.4 Å². The Morgan fingerprint density at radius 2 is 1.85 bits per heavy atom. The molecule has 1 N–H and O–H groups in total. The highest BCUT2D eigenvalue weighted by molar-refractivity contribution is 7.14. The second kappa shape index (κ2) is 7.41. The Labute approximate surface area is 157 Å². The standard InChI is InChI=1S/C20H23N3O2S/c1-11-8-13(3)17(9-12(11)2)18-10-26-20(21-18)22-19(24)7-6-16-14(4)23-25-15(16)5/h8-10H,6-7H2,1-5H3,(H,21,22,24). The van der Waals surface area contributed by atoms with E-state index in [1.807, 2.05) is 19.2 Å². The summed E-state index contributed by atoms with van der Waals surface area (Å²) >= 11 is 1.45. The molecule has 6 heteroatoms. The highest BCUT2D eigenvalue weighted by Crippen LogP contribution is 2.29. The van der Waals surface area contributed by atoms with E-state index in [9.17, 15) is 4.79 Å². The molecule has 0 bridgehead atoms. The van der Waals surface area contributed by atoms with Gasteiger partial charge in [0.2, 0.25) is 5.91 Å². The fourth-order valence-corrected chi connectivity index (χ4v) is 3.70. The van der Waals surface area contributed by atoms with E-state index in [1.54, 1.807) is 0 Å². The molecule has 0 saturated carbocycles. The van der Waals surface area contributed by atoms with Crippen LogP contribution in [0.4, 0.5) is 5.13 Å². The Balaban J connectivity index is 1.67. The smallest absolute Gasteiger partial charge is 0.226 e. The normalized spacial score (nSPS) is 11.0. The first kappa shape index (κ1) is 18.3. The van der Waals surface area contributed by atoms with E-state index in [2.05, 4.69) is 48.4 Å². The second-order valence-electron chi connectivity index (χ2n) is 6.64. The van der Waals surface area contributed by atoms with E-state index in [0.29, 0.717) is 18.0 Å². The number of nitrogens with zero attached hydrogens (tertiary/aromatic N) is 2. The van der Waals surface area contributed by atoms with Crippen molar-refractivity contribution in [2.45, 2.75) is 47.5 Å². The molecule has 1 aromatic carbocycles. The van der Waals surface area contributed by atoms with Crippen LogP contribution in [0.5, 0.6) is 0 Å². The van der Waals surface area contributed by atoms with Crippen molar-refractivity contribution in [3.63, 3.8) is 0 Å². The summed E-state index contributed by atoms with van der Waals surface area (Å²) in [5.74, 6) is 0.722. The van der Waals surface area contributed by atoms with Crippen LogP contribution in [0.3, 0.4) is 0 Å². The average molecular weight is 369 g/mol. The van der Waals surface area contributed by atoms with Crippen LogP contribution < -0.4 is 5.32 Å². The lowest BCUT2D eigenvalue weighted by atomic mass is 9.99. The van der Waals surface area contributed by atoms with Gasteiger partial charge in [-0.25, -0.2) is 4.98 Å². The molecule has 0 aliphatic rings. The Bertz CT molecular complexity index is 937. The number of hydrogen-bond donors (Lipinski definition) is 1. The molecule has 136 valence electrons. The summed E-state index contributed by atoms with van der Waals surface area (Å²) in [6, 6.07) is 4.33. The Kier molecular flexibility index (Phi) is 5.23. The summed E-state index contributed by atoms with van der Waals surface area (Å²) in [6.45, 7) is 10.1. The molecule has 0 radical (unpaired) electrons. The van der Waals surface area contributed by atoms with E-state index in [1.165, 1.54) is 28.0 Å². The minimum Gasteiger partial charge on any atom is -0.361 e. The zero-order valence-corrected chi connectivity index (χ0v) is 16.6. The molecule has 3 rings (SSSR count). The minimum absolute atomic E-state index is 0.0530. The molecule has 0 aliphatic heterocycles. The topological polar surface area (TPSA) is 68.0 Å². The van der Waals surface area contributed by atoms with Crippen molar-refractivity contribution in [2.24, 2.45) is 0 Å². The molecule has 0 atom stereocenters. The van der Waals surface area contributed by atoms with Gasteiger partial charge in [0.15, 0.2) is 5.13 Å². The second-order valence-corrected chi connectivity index (χ2v) is 7.50. The zero-order chi connectivity index (χ0) is 18.8. The van der Waals surface area contributed by atoms with Gasteiger partial charge in [0.05, 0.1) is 11.4 Å². The van der Waals surface area contributed by atoms with Crippen LogP contribution in [0, 0.1) is 34.6 Å². The molecule has 0 unspecified atom stereocenters. The van der Waals surface area contributed by atoms with Crippen molar-refractivity contribution in [1.29, 1.82) is 0 Å². The summed E-state index contributed by atoms with van der Waals surface area (Å²) in [4.78, 5) is 16.8. The third-order valence-corrected chi connectivity index (χ3v) is 5.41. The van der Waals surface area contributed by atoms with Crippen molar-refractivity contribution < 1.29 is 9.32 Å². The maximum atomic E-state index is 12.2. The lowest BCUT2D eigenvalue weighted by Crippen LogP contribution is -2.12. The van der Waals surface area contributed by atoms with Gasteiger partial charge in [-0.15, -0.1) is 11.3 Å². The van der Waals surface area contributed by atoms with Crippen LogP contribution in [0.25, 0.3) is 11.3 Å². The first-order valence-electron chi connectivity index (χ1n) is 8.60. The lowest BCUT2D eigenvalue weighted by Gasteiger charge is -2.07. The van der Waals surface area contributed by atoms with Gasteiger partial charge in [0.25, 0.3) is 0 Å². The summed E-state index contributed by atoms with van der Waals surface area (Å²) in [6.07, 6.45) is 0.988. The largest absolute Gasteiger partial charge is 0.361 e. The maximum Gasteiger partial charge on any atom is 0.226 e. The summed E-state index contributed by atoms with van der Waals surface area (Å²) in [5, 5.41) is 9.43. The summed E-state index contributed by atoms with van der Waals surface area (Å²) in [5.41, 5.74) is 7.56. The van der Waals surface area contributed by atoms with Gasteiger partial charge in [-0.2, -0.15) is 0 Å². The molecule has 5 nitrogen and oxygen atoms in total. The summed E-state index contributed by atoms with van der Waals surface area (Å²) in [7, 11) is 0. The van der Waals surface area contributed by atoms with Gasteiger partial charge >= 0.3 is 0 Å². The maximum absolute atomic E-state index is 12.2. The quantitative estimate of drug-likeness (QED) is 0.694. The fourth-order valence-electron chi connectivity index (χ4n) is 2.97. The number of carbonyl (C=O) groups is 1. The fraction of sp³-hybridized carbons (Fsp3) is 0.350. The highest BCUT2D eigenvalue weighted by Gasteiger charge is 2.13. The molecule has 1 amide bonds. The zero-order valence-electron chi connectivity index (χ0n) is 15.8. The molecular formula is C20H23N3O2S. The number of amides is 1. The molecule has 26 heavy (non-hydrogen) atoms. The van der Waals surface area contributed by atoms with Crippen molar-refractivity contribution in [3.8, 4) is 11.3 Å². The first-order chi connectivity index (χ1) is 12.3. The highest BCUT2D eigenvalue weighted by atomic mass is 32.1. The van der Waals surface area contributed by atoms with Crippen LogP contribution in [0.15, 0.2) is 22.0 Å². The number of anilines is 1. The predicted octanol–water partition coefficient (Wildman–Crippen LogP) is 4.91. The molecular weight excluding hydrogens is 346 g/mol. The van der Waals surface area contributed by atoms with Crippen molar-refractivity contribution in [1.82, 2.24) is 10.1 Å². The van der Waals surface area contributed by atoms with Gasteiger partial charge < -0.3 is 9.84 Å². The van der Waals surface area contributed by atoms with E-state index in [4.69, 9.17) is 4.52 Å². The molecule has 3 aromatic rings. The number of benzene rings is 1. The van der Waals surface area contributed by atoms with Crippen molar-refractivity contribution in [2.75, 3.05) is 5.32 Å². The van der Waals surface area contributed by atoms with Gasteiger partial charge in [-0.05, 0) is 63.8 Å². The number of rotatable bonds is 5. The van der Waals surface area contributed by atoms with Crippen molar-refractivity contribution in [3.05, 3.63) is 51.2 Å². The van der Waals surface area contributed by atoms with Gasteiger partial charge in [-0.3, -0.25) is 4.79 Å².